The Balaban J connectivity index is 1.02. The van der Waals surface area contributed by atoms with Gasteiger partial charge in [-0.05, 0) is 183 Å². The average molecular weight is 1520 g/mol. The smallest absolute Gasteiger partial charge is 0.252 e. The molecule has 0 spiro atoms. The maximum atomic E-state index is 10.0. The van der Waals surface area contributed by atoms with Gasteiger partial charge in [-0.15, -0.1) is 0 Å². The molecule has 117 heavy (non-hydrogen) atoms. The minimum Gasteiger partial charge on any atom is -0.310 e. The maximum Gasteiger partial charge on any atom is 0.252 e. The fourth-order valence-electron chi connectivity index (χ4n) is 18.2. The maximum absolute atomic E-state index is 10.0. The molecule has 4 heterocycles. The van der Waals surface area contributed by atoms with Gasteiger partial charge in [0.05, 0.1) is 44.4 Å². The van der Waals surface area contributed by atoms with Crippen LogP contribution in [-0.4, -0.2) is 15.8 Å². The summed E-state index contributed by atoms with van der Waals surface area (Å²) in [5.41, 5.74) is 30.1. The van der Waals surface area contributed by atoms with E-state index in [0.29, 0.717) is 5.69 Å². The summed E-state index contributed by atoms with van der Waals surface area (Å²) in [5.74, 6) is 0. The summed E-state index contributed by atoms with van der Waals surface area (Å²) >= 11 is 0. The van der Waals surface area contributed by atoms with Crippen LogP contribution in [0.5, 0.6) is 0 Å². The Morgan fingerprint density at radius 2 is 0.632 bits per heavy atom. The topological polar surface area (TPSA) is 16.3 Å². The molecule has 0 fully saturated rings. The fraction of sp³-hybridized carbons (Fsp3) is 0.143. The van der Waals surface area contributed by atoms with Crippen LogP contribution in [0.3, 0.4) is 0 Å². The second kappa shape index (κ2) is 27.8. The highest BCUT2D eigenvalue weighted by Crippen LogP contribution is 2.56. The zero-order valence-electron chi connectivity index (χ0n) is 76.3. The molecule has 5 heteroatoms. The standard InChI is InChI=1S/C112H95BN4/c1-109(2,3)81-60-77(61-82(69-81)110(4,5)6)76-56-58-96-101(66-76)116(106-87(72-36-18-13-19-37-72)49-34-50-88(106)73-38-20-14-21-39-73)103-67-79(78-64-94(80-62-83(111(7,8)9)70-84(63-80)112(10,11)12)108-95(65-78)93-48-30-33-55-100(93)115(108)85-44-26-17-27-45-85)68-104-105(103)113(96)97-59-57-86(114-98-53-31-28-46-91(98)92-47-29-32-54-99(92)114)71-102(97)117(104)107-89(74-40-22-15-23-41-74)51-35-52-90(107)75-42-24-16-25-43-75/h13-71H,1-12H3/i28D,29D,31D,32D,46D,47D,53D,54D. The predicted molar refractivity (Wildman–Crippen MR) is 502 cm³/mol. The zero-order valence-corrected chi connectivity index (χ0v) is 68.3. The predicted octanol–water partition coefficient (Wildman–Crippen LogP) is 28.8. The summed E-state index contributed by atoms with van der Waals surface area (Å²) in [6, 6.07) is 110. The minimum absolute atomic E-state index is 0.00130. The number of para-hydroxylation sites is 6. The molecule has 2 aliphatic heterocycles. The van der Waals surface area contributed by atoms with E-state index in [1.165, 1.54) is 22.3 Å². The minimum atomic E-state index is -0.556. The second-order valence-corrected chi connectivity index (χ2v) is 35.9. The van der Waals surface area contributed by atoms with Gasteiger partial charge in [0.25, 0.3) is 6.71 Å². The van der Waals surface area contributed by atoms with Crippen LogP contribution in [-0.2, 0) is 21.7 Å². The van der Waals surface area contributed by atoms with Crippen molar-refractivity contribution in [1.29, 1.82) is 0 Å². The van der Waals surface area contributed by atoms with Gasteiger partial charge in [0.2, 0.25) is 0 Å². The van der Waals surface area contributed by atoms with E-state index in [2.05, 4.69) is 401 Å². The molecule has 566 valence electrons. The number of benzene rings is 16. The van der Waals surface area contributed by atoms with E-state index in [4.69, 9.17) is 0 Å². The first-order valence-corrected chi connectivity index (χ1v) is 40.9. The van der Waals surface area contributed by atoms with Gasteiger partial charge in [-0.3, -0.25) is 0 Å². The number of hydrogen-bond acceptors (Lipinski definition) is 2. The van der Waals surface area contributed by atoms with Crippen molar-refractivity contribution in [3.8, 4) is 89.3 Å². The van der Waals surface area contributed by atoms with Crippen molar-refractivity contribution in [3.63, 3.8) is 0 Å². The molecule has 2 aromatic heterocycles. The van der Waals surface area contributed by atoms with Crippen molar-refractivity contribution in [1.82, 2.24) is 9.13 Å². The van der Waals surface area contributed by atoms with E-state index < -0.39 is 43.0 Å². The molecule has 18 aromatic rings. The van der Waals surface area contributed by atoms with Crippen molar-refractivity contribution in [2.75, 3.05) is 9.80 Å². The van der Waals surface area contributed by atoms with Crippen molar-refractivity contribution in [3.05, 3.63) is 380 Å². The molecular formula is C112H95BN4. The monoisotopic (exact) mass is 1510 g/mol. The van der Waals surface area contributed by atoms with Crippen molar-refractivity contribution >= 4 is 101 Å². The van der Waals surface area contributed by atoms with Gasteiger partial charge in [-0.2, -0.15) is 0 Å². The normalized spacial score (nSPS) is 13.9. The van der Waals surface area contributed by atoms with Crippen LogP contribution in [0.2, 0.25) is 0 Å². The molecule has 0 saturated carbocycles. The Kier molecular flexibility index (Phi) is 15.2. The lowest BCUT2D eigenvalue weighted by Crippen LogP contribution is -2.61. The molecule has 20 rings (SSSR count). The Morgan fingerprint density at radius 1 is 0.248 bits per heavy atom. The Hall–Kier alpha value is -13.2. The summed E-state index contributed by atoms with van der Waals surface area (Å²) in [5, 5.41) is 2.18. The van der Waals surface area contributed by atoms with E-state index in [0.717, 1.165) is 156 Å². The second-order valence-electron chi connectivity index (χ2n) is 35.9. The molecule has 16 aromatic carbocycles. The SMILES string of the molecule is [2H]c1c([2H])c([2H])c2c(c1[2H])c1c([2H])c([2H])c([2H])c([2H])c1n2-c1ccc2c(c1)N(c1c(-c3ccccc3)cccc1-c1ccccc1)c1cc(-c3cc(-c4cc(C(C)(C)C)cc(C(C)(C)C)c4)c4c(c3)c3ccccc3n4-c3ccccc3)cc3c1B2c1ccc(-c2cc(C(C)(C)C)cc(C(C)(C)C)c2)cc1N3c1c(-c2ccccc2)cccc1-c1ccccc1. The molecule has 0 saturated heterocycles. The van der Waals surface area contributed by atoms with Gasteiger partial charge in [-0.25, -0.2) is 0 Å². The summed E-state index contributed by atoms with van der Waals surface area (Å²) in [4.78, 5) is 5.08. The quantitative estimate of drug-likeness (QED) is 0.120. The number of fused-ring (bicyclic) bond motifs is 10. The largest absolute Gasteiger partial charge is 0.310 e. The highest BCUT2D eigenvalue weighted by Gasteiger charge is 2.46. The third-order valence-corrected chi connectivity index (χ3v) is 24.3. The first kappa shape index (κ1) is 64.1. The van der Waals surface area contributed by atoms with Crippen molar-refractivity contribution < 1.29 is 11.0 Å². The highest BCUT2D eigenvalue weighted by molar-refractivity contribution is 7.00. The van der Waals surface area contributed by atoms with Gasteiger partial charge in [0.15, 0.2) is 0 Å². The van der Waals surface area contributed by atoms with Crippen molar-refractivity contribution in [2.45, 2.75) is 105 Å². The molecule has 4 nitrogen and oxygen atoms in total. The lowest BCUT2D eigenvalue weighted by Gasteiger charge is -2.46. The van der Waals surface area contributed by atoms with E-state index in [1.54, 1.807) is 4.57 Å². The first-order valence-electron chi connectivity index (χ1n) is 44.9. The molecular weight excluding hydrogens is 1410 g/mol. The molecule has 0 radical (unpaired) electrons. The van der Waals surface area contributed by atoms with Crippen LogP contribution in [0.4, 0.5) is 34.1 Å². The summed E-state index contributed by atoms with van der Waals surface area (Å²) < 4.78 is 80.9. The Labute approximate surface area is 700 Å². The van der Waals surface area contributed by atoms with Crippen LogP contribution >= 0.6 is 0 Å². The molecule has 2 aliphatic rings. The van der Waals surface area contributed by atoms with E-state index >= 15 is 0 Å². The van der Waals surface area contributed by atoms with E-state index in [9.17, 15) is 11.0 Å². The number of rotatable bonds is 11. The fourth-order valence-corrected chi connectivity index (χ4v) is 18.2. The third-order valence-electron chi connectivity index (χ3n) is 24.3. The van der Waals surface area contributed by atoms with E-state index in [1.807, 2.05) is 6.07 Å². The molecule has 0 aliphatic carbocycles. The number of anilines is 6. The summed E-state index contributed by atoms with van der Waals surface area (Å²) in [6.45, 7) is 27.1. The first-order chi connectivity index (χ1) is 59.9. The number of hydrogen-bond donors (Lipinski definition) is 0. The highest BCUT2D eigenvalue weighted by atomic mass is 15.2. The van der Waals surface area contributed by atoms with Crippen LogP contribution in [0.1, 0.15) is 116 Å². The molecule has 0 amide bonds. The van der Waals surface area contributed by atoms with Gasteiger partial charge in [0.1, 0.15) is 0 Å². The van der Waals surface area contributed by atoms with Crippen molar-refractivity contribution in [2.24, 2.45) is 0 Å². The van der Waals surface area contributed by atoms with E-state index in [-0.39, 0.29) is 55.6 Å². The molecule has 0 unspecified atom stereocenters. The molecule has 0 bridgehead atoms. The van der Waals surface area contributed by atoms with Gasteiger partial charge in [-0.1, -0.05) is 368 Å². The van der Waals surface area contributed by atoms with Crippen LogP contribution in [0, 0.1) is 0 Å². The summed E-state index contributed by atoms with van der Waals surface area (Å²) in [7, 11) is 0. The van der Waals surface area contributed by atoms with Crippen LogP contribution < -0.4 is 26.2 Å². The lowest BCUT2D eigenvalue weighted by molar-refractivity contribution is 0.568. The average Bonchev–Trinajstić information content (AvgIpc) is 0.708. The Bertz CT molecular complexity index is 7220. The van der Waals surface area contributed by atoms with Gasteiger partial charge in [0, 0.05) is 83.5 Å². The number of aromatic nitrogens is 2. The third kappa shape index (κ3) is 12.4. The molecule has 0 atom stereocenters. The van der Waals surface area contributed by atoms with Crippen LogP contribution in [0.25, 0.3) is 133 Å². The van der Waals surface area contributed by atoms with Gasteiger partial charge < -0.3 is 18.9 Å². The van der Waals surface area contributed by atoms with Gasteiger partial charge >= 0.3 is 0 Å². The van der Waals surface area contributed by atoms with Crippen LogP contribution in [0.15, 0.2) is 358 Å². The summed E-state index contributed by atoms with van der Waals surface area (Å²) in [6.07, 6.45) is 0. The number of nitrogens with zero attached hydrogens (tertiary/aromatic N) is 4. The molecule has 0 N–H and O–H groups in total. The lowest BCUT2D eigenvalue weighted by atomic mass is 9.33. The zero-order chi connectivity index (χ0) is 86.9. The Morgan fingerprint density at radius 3 is 1.09 bits per heavy atom.